The molecule has 1 rings (SSSR count). The van der Waals surface area contributed by atoms with E-state index in [0.29, 0.717) is 15.7 Å². The summed E-state index contributed by atoms with van der Waals surface area (Å²) in [4.78, 5) is 11.6. The van der Waals surface area contributed by atoms with Crippen LogP contribution in [-0.2, 0) is 4.79 Å². The van der Waals surface area contributed by atoms with E-state index < -0.39 is 6.04 Å². The maximum atomic E-state index is 11.6. The molecule has 1 amide bonds. The number of rotatable bonds is 6. The van der Waals surface area contributed by atoms with E-state index in [1.54, 1.807) is 18.2 Å². The van der Waals surface area contributed by atoms with Gasteiger partial charge in [0.15, 0.2) is 0 Å². The SMILES string of the molecule is O=C(CNC(CO)CO)Nc1c(Cl)cccc1Cl. The van der Waals surface area contributed by atoms with Crippen molar-refractivity contribution in [2.24, 2.45) is 0 Å². The minimum Gasteiger partial charge on any atom is -0.395 e. The summed E-state index contributed by atoms with van der Waals surface area (Å²) in [6.07, 6.45) is 0. The zero-order chi connectivity index (χ0) is 13.5. The summed E-state index contributed by atoms with van der Waals surface area (Å²) in [6, 6.07) is 4.37. The van der Waals surface area contributed by atoms with Gasteiger partial charge < -0.3 is 20.8 Å². The summed E-state index contributed by atoms with van der Waals surface area (Å²) in [5.41, 5.74) is 0.345. The van der Waals surface area contributed by atoms with Crippen LogP contribution in [0.5, 0.6) is 0 Å². The number of hydrogen-bond acceptors (Lipinski definition) is 4. The van der Waals surface area contributed by atoms with Crippen molar-refractivity contribution in [2.45, 2.75) is 6.04 Å². The number of aliphatic hydroxyl groups excluding tert-OH is 2. The van der Waals surface area contributed by atoms with Crippen molar-refractivity contribution in [3.63, 3.8) is 0 Å². The third kappa shape index (κ3) is 4.44. The lowest BCUT2D eigenvalue weighted by atomic mass is 10.3. The highest BCUT2D eigenvalue weighted by molar-refractivity contribution is 6.39. The van der Waals surface area contributed by atoms with Crippen molar-refractivity contribution in [3.8, 4) is 0 Å². The number of amides is 1. The Morgan fingerprint density at radius 2 is 1.78 bits per heavy atom. The first-order chi connectivity index (χ1) is 8.58. The second kappa shape index (κ2) is 7.56. The average molecular weight is 293 g/mol. The van der Waals surface area contributed by atoms with Gasteiger partial charge in [0.25, 0.3) is 0 Å². The molecule has 7 heteroatoms. The Morgan fingerprint density at radius 3 is 2.28 bits per heavy atom. The Bertz CT molecular complexity index is 391. The fraction of sp³-hybridized carbons (Fsp3) is 0.364. The first-order valence-electron chi connectivity index (χ1n) is 5.27. The zero-order valence-corrected chi connectivity index (χ0v) is 11.0. The molecule has 0 saturated heterocycles. The van der Waals surface area contributed by atoms with Crippen LogP contribution in [-0.4, -0.2) is 41.9 Å². The molecule has 1 aromatic carbocycles. The van der Waals surface area contributed by atoms with Gasteiger partial charge in [0.1, 0.15) is 0 Å². The molecule has 0 radical (unpaired) electrons. The molecule has 18 heavy (non-hydrogen) atoms. The molecule has 0 heterocycles. The lowest BCUT2D eigenvalue weighted by Crippen LogP contribution is -2.40. The van der Waals surface area contributed by atoms with Crippen LogP contribution >= 0.6 is 23.2 Å². The lowest BCUT2D eigenvalue weighted by molar-refractivity contribution is -0.115. The number of aliphatic hydroxyl groups is 2. The van der Waals surface area contributed by atoms with Crippen LogP contribution < -0.4 is 10.6 Å². The molecule has 5 nitrogen and oxygen atoms in total. The zero-order valence-electron chi connectivity index (χ0n) is 9.49. The number of para-hydroxylation sites is 1. The predicted octanol–water partition coefficient (Wildman–Crippen LogP) is 0.875. The molecular weight excluding hydrogens is 279 g/mol. The van der Waals surface area contributed by atoms with E-state index in [9.17, 15) is 4.79 Å². The fourth-order valence-electron chi connectivity index (χ4n) is 1.22. The van der Waals surface area contributed by atoms with Crippen LogP contribution in [0, 0.1) is 0 Å². The number of carbonyl (C=O) groups is 1. The summed E-state index contributed by atoms with van der Waals surface area (Å²) in [7, 11) is 0. The van der Waals surface area contributed by atoms with Gasteiger partial charge in [-0.3, -0.25) is 4.79 Å². The molecule has 0 spiro atoms. The molecule has 0 aliphatic rings. The molecule has 0 unspecified atom stereocenters. The van der Waals surface area contributed by atoms with E-state index in [2.05, 4.69) is 10.6 Å². The van der Waals surface area contributed by atoms with Gasteiger partial charge in [0.2, 0.25) is 5.91 Å². The molecule has 0 atom stereocenters. The van der Waals surface area contributed by atoms with Crippen LogP contribution in [0.1, 0.15) is 0 Å². The van der Waals surface area contributed by atoms with Gasteiger partial charge in [-0.25, -0.2) is 0 Å². The van der Waals surface area contributed by atoms with Crippen molar-refractivity contribution in [2.75, 3.05) is 25.1 Å². The van der Waals surface area contributed by atoms with Gasteiger partial charge in [0.05, 0.1) is 41.5 Å². The number of benzene rings is 1. The maximum absolute atomic E-state index is 11.6. The Balaban J connectivity index is 2.55. The smallest absolute Gasteiger partial charge is 0.238 e. The summed E-state index contributed by atoms with van der Waals surface area (Å²) >= 11 is 11.8. The number of anilines is 1. The number of nitrogens with one attached hydrogen (secondary N) is 2. The van der Waals surface area contributed by atoms with E-state index in [4.69, 9.17) is 33.4 Å². The molecule has 0 fully saturated rings. The molecule has 0 aromatic heterocycles. The van der Waals surface area contributed by atoms with E-state index >= 15 is 0 Å². The van der Waals surface area contributed by atoms with Gasteiger partial charge >= 0.3 is 0 Å². The van der Waals surface area contributed by atoms with Crippen molar-refractivity contribution in [1.29, 1.82) is 0 Å². The van der Waals surface area contributed by atoms with E-state index in [0.717, 1.165) is 0 Å². The van der Waals surface area contributed by atoms with Gasteiger partial charge in [-0.1, -0.05) is 29.3 Å². The molecule has 0 aliphatic heterocycles. The molecule has 1 aromatic rings. The number of carbonyl (C=O) groups excluding carboxylic acids is 1. The number of hydrogen-bond donors (Lipinski definition) is 4. The normalized spacial score (nSPS) is 10.7. The minimum atomic E-state index is -0.530. The summed E-state index contributed by atoms with van der Waals surface area (Å²) in [5, 5.41) is 23.6. The summed E-state index contributed by atoms with van der Waals surface area (Å²) in [6.45, 7) is -0.569. The monoisotopic (exact) mass is 292 g/mol. The second-order valence-corrected chi connectivity index (χ2v) is 4.40. The van der Waals surface area contributed by atoms with Gasteiger partial charge in [0, 0.05) is 0 Å². The highest BCUT2D eigenvalue weighted by Crippen LogP contribution is 2.29. The summed E-state index contributed by atoms with van der Waals surface area (Å²) in [5.74, 6) is -0.364. The Kier molecular flexibility index (Phi) is 6.38. The second-order valence-electron chi connectivity index (χ2n) is 3.59. The van der Waals surface area contributed by atoms with Crippen molar-refractivity contribution < 1.29 is 15.0 Å². The first-order valence-corrected chi connectivity index (χ1v) is 6.03. The predicted molar refractivity (Wildman–Crippen MR) is 71.1 cm³/mol. The third-order valence-corrected chi connectivity index (χ3v) is 2.85. The molecule has 0 saturated carbocycles. The highest BCUT2D eigenvalue weighted by Gasteiger charge is 2.11. The number of halogens is 2. The quantitative estimate of drug-likeness (QED) is 0.627. The Morgan fingerprint density at radius 1 is 1.22 bits per heavy atom. The molecule has 100 valence electrons. The standard InChI is InChI=1S/C11H14Cl2N2O3/c12-8-2-1-3-9(13)11(8)15-10(18)4-14-7(5-16)6-17/h1-3,7,14,16-17H,4-6H2,(H,15,18). The maximum Gasteiger partial charge on any atom is 0.238 e. The topological polar surface area (TPSA) is 81.6 Å². The molecule has 0 aliphatic carbocycles. The Labute approximate surface area is 115 Å². The van der Waals surface area contributed by atoms with Crippen molar-refractivity contribution in [1.82, 2.24) is 5.32 Å². The Hall–Kier alpha value is -0.850. The van der Waals surface area contributed by atoms with E-state index in [1.807, 2.05) is 0 Å². The minimum absolute atomic E-state index is 0.0622. The van der Waals surface area contributed by atoms with Gasteiger partial charge in [-0.2, -0.15) is 0 Å². The molecular formula is C11H14Cl2N2O3. The van der Waals surface area contributed by atoms with Crippen LogP contribution in [0.25, 0.3) is 0 Å². The van der Waals surface area contributed by atoms with Crippen LogP contribution in [0.3, 0.4) is 0 Å². The average Bonchev–Trinajstić information content (AvgIpc) is 2.35. The van der Waals surface area contributed by atoms with Gasteiger partial charge in [-0.05, 0) is 12.1 Å². The van der Waals surface area contributed by atoms with Crippen molar-refractivity contribution in [3.05, 3.63) is 28.2 Å². The molecule has 0 bridgehead atoms. The summed E-state index contributed by atoms with van der Waals surface area (Å²) < 4.78 is 0. The van der Waals surface area contributed by atoms with Crippen LogP contribution in [0.2, 0.25) is 10.0 Å². The van der Waals surface area contributed by atoms with Crippen molar-refractivity contribution >= 4 is 34.8 Å². The fourth-order valence-corrected chi connectivity index (χ4v) is 1.72. The van der Waals surface area contributed by atoms with E-state index in [-0.39, 0.29) is 25.7 Å². The third-order valence-electron chi connectivity index (χ3n) is 2.22. The van der Waals surface area contributed by atoms with Crippen LogP contribution in [0.4, 0.5) is 5.69 Å². The largest absolute Gasteiger partial charge is 0.395 e. The van der Waals surface area contributed by atoms with Crippen LogP contribution in [0.15, 0.2) is 18.2 Å². The van der Waals surface area contributed by atoms with Gasteiger partial charge in [-0.15, -0.1) is 0 Å². The van der Waals surface area contributed by atoms with E-state index in [1.165, 1.54) is 0 Å². The highest BCUT2D eigenvalue weighted by atomic mass is 35.5. The molecule has 4 N–H and O–H groups in total. The lowest BCUT2D eigenvalue weighted by Gasteiger charge is -2.14. The first kappa shape index (κ1) is 15.2.